The summed E-state index contributed by atoms with van der Waals surface area (Å²) in [5.41, 5.74) is 0.539. The van der Waals surface area contributed by atoms with Gasteiger partial charge in [0.2, 0.25) is 11.8 Å². The molecule has 1 saturated carbocycles. The van der Waals surface area contributed by atoms with Gasteiger partial charge in [0, 0.05) is 37.1 Å². The zero-order chi connectivity index (χ0) is 27.5. The number of carbonyl (C=O) groups excluding carboxylic acids is 3. The van der Waals surface area contributed by atoms with Crippen LogP contribution in [0.3, 0.4) is 0 Å². The number of hydrogen-bond donors (Lipinski definition) is 1. The van der Waals surface area contributed by atoms with Gasteiger partial charge < -0.3 is 15.0 Å². The summed E-state index contributed by atoms with van der Waals surface area (Å²) < 4.78 is 47.1. The first-order valence-electron chi connectivity index (χ1n) is 13.1. The molecule has 1 aliphatic heterocycles. The summed E-state index contributed by atoms with van der Waals surface area (Å²) in [7, 11) is 0. The van der Waals surface area contributed by atoms with Gasteiger partial charge in [0.25, 0.3) is 0 Å². The van der Waals surface area contributed by atoms with Crippen LogP contribution in [-0.2, 0) is 32.3 Å². The molecule has 204 valence electrons. The minimum absolute atomic E-state index is 0.0708. The summed E-state index contributed by atoms with van der Waals surface area (Å²) in [6, 6.07) is 13.5. The maximum Gasteiger partial charge on any atom is 0.328 e. The molecule has 0 spiro atoms. The second kappa shape index (κ2) is 11.5. The number of benzene rings is 3. The lowest BCUT2D eigenvalue weighted by molar-refractivity contribution is -0.149. The summed E-state index contributed by atoms with van der Waals surface area (Å²) in [6.07, 6.45) is 2.77. The summed E-state index contributed by atoms with van der Waals surface area (Å²) in [5.74, 6) is -4.48. The molecule has 9 heteroatoms. The monoisotopic (exact) mass is 538 g/mol. The molecule has 2 fully saturated rings. The van der Waals surface area contributed by atoms with Gasteiger partial charge >= 0.3 is 5.97 Å². The average molecular weight is 539 g/mol. The van der Waals surface area contributed by atoms with Crippen molar-refractivity contribution in [3.05, 3.63) is 83.2 Å². The molecule has 0 radical (unpaired) electrons. The molecule has 5 rings (SSSR count). The molecule has 3 aromatic rings. The van der Waals surface area contributed by atoms with E-state index in [0.29, 0.717) is 24.8 Å². The molecular weight excluding hydrogens is 509 g/mol. The third kappa shape index (κ3) is 6.58. The van der Waals surface area contributed by atoms with Crippen LogP contribution in [0.1, 0.15) is 49.7 Å². The number of likely N-dealkylation sites (tertiary alicyclic amines) is 1. The quantitative estimate of drug-likeness (QED) is 0.286. The third-order valence-electron chi connectivity index (χ3n) is 7.36. The van der Waals surface area contributed by atoms with Crippen LogP contribution in [0, 0.1) is 23.4 Å². The molecule has 6 nitrogen and oxygen atoms in total. The fourth-order valence-corrected chi connectivity index (χ4v) is 5.08. The van der Waals surface area contributed by atoms with Crippen molar-refractivity contribution >= 4 is 28.6 Å². The second-order valence-electron chi connectivity index (χ2n) is 10.4. The molecule has 2 amide bonds. The van der Waals surface area contributed by atoms with Gasteiger partial charge in [-0.3, -0.25) is 9.59 Å². The lowest BCUT2D eigenvalue weighted by Crippen LogP contribution is -2.44. The fraction of sp³-hybridized carbons (Fsp3) is 0.367. The molecule has 1 saturated heterocycles. The van der Waals surface area contributed by atoms with E-state index in [2.05, 4.69) is 5.32 Å². The van der Waals surface area contributed by atoms with Gasteiger partial charge in [0.1, 0.15) is 18.5 Å². The van der Waals surface area contributed by atoms with Gasteiger partial charge in [0.15, 0.2) is 11.6 Å². The van der Waals surface area contributed by atoms with Gasteiger partial charge in [-0.15, -0.1) is 0 Å². The van der Waals surface area contributed by atoms with Gasteiger partial charge in [-0.1, -0.05) is 49.2 Å². The van der Waals surface area contributed by atoms with Crippen LogP contribution in [0.4, 0.5) is 13.2 Å². The highest BCUT2D eigenvalue weighted by molar-refractivity contribution is 5.86. The zero-order valence-electron chi connectivity index (χ0n) is 21.3. The molecule has 2 aliphatic rings. The van der Waals surface area contributed by atoms with Crippen molar-refractivity contribution in [2.75, 3.05) is 0 Å². The number of ether oxygens (including phenoxy) is 1. The first-order chi connectivity index (χ1) is 18.8. The van der Waals surface area contributed by atoms with Gasteiger partial charge in [-0.2, -0.15) is 0 Å². The number of rotatable bonds is 10. The Hall–Kier alpha value is -3.88. The summed E-state index contributed by atoms with van der Waals surface area (Å²) in [6.45, 7) is -0.280. The minimum atomic E-state index is -1.34. The highest BCUT2D eigenvalue weighted by Gasteiger charge is 2.36. The maximum atomic E-state index is 14.2. The Morgan fingerprint density at radius 1 is 1.00 bits per heavy atom. The van der Waals surface area contributed by atoms with E-state index in [4.69, 9.17) is 4.74 Å². The number of hydrogen-bond acceptors (Lipinski definition) is 4. The van der Waals surface area contributed by atoms with E-state index in [-0.39, 0.29) is 37.5 Å². The smallest absolute Gasteiger partial charge is 0.328 e. The number of nitrogens with one attached hydrogen (secondary N) is 1. The molecule has 0 unspecified atom stereocenters. The maximum absolute atomic E-state index is 14.2. The topological polar surface area (TPSA) is 75.7 Å². The van der Waals surface area contributed by atoms with Crippen molar-refractivity contribution in [3.63, 3.8) is 0 Å². The van der Waals surface area contributed by atoms with Gasteiger partial charge in [-0.25, -0.2) is 18.0 Å². The van der Waals surface area contributed by atoms with Crippen molar-refractivity contribution in [2.45, 2.75) is 63.8 Å². The lowest BCUT2D eigenvalue weighted by Gasteiger charge is -2.26. The van der Waals surface area contributed by atoms with Crippen LogP contribution in [0.15, 0.2) is 54.6 Å². The minimum Gasteiger partial charge on any atom is -0.459 e. The van der Waals surface area contributed by atoms with E-state index in [0.717, 1.165) is 35.2 Å². The third-order valence-corrected chi connectivity index (χ3v) is 7.36. The average Bonchev–Trinajstić information content (AvgIpc) is 3.68. The summed E-state index contributed by atoms with van der Waals surface area (Å²) in [5, 5.41) is 4.88. The molecule has 2 atom stereocenters. The van der Waals surface area contributed by atoms with Crippen LogP contribution < -0.4 is 5.32 Å². The molecule has 0 aromatic heterocycles. The van der Waals surface area contributed by atoms with E-state index in [1.165, 1.54) is 4.90 Å². The van der Waals surface area contributed by atoms with Gasteiger partial charge in [0.05, 0.1) is 0 Å². The van der Waals surface area contributed by atoms with E-state index in [1.54, 1.807) is 0 Å². The van der Waals surface area contributed by atoms with E-state index < -0.39 is 41.4 Å². The summed E-state index contributed by atoms with van der Waals surface area (Å²) >= 11 is 0. The van der Waals surface area contributed by atoms with Crippen LogP contribution in [-0.4, -0.2) is 34.8 Å². The highest BCUT2D eigenvalue weighted by atomic mass is 19.2. The Labute approximate surface area is 224 Å². The molecule has 1 heterocycles. The first kappa shape index (κ1) is 26.7. The van der Waals surface area contributed by atoms with Crippen LogP contribution in [0.5, 0.6) is 0 Å². The molecule has 39 heavy (non-hydrogen) atoms. The number of esters is 1. The molecule has 3 aromatic carbocycles. The highest BCUT2D eigenvalue weighted by Crippen LogP contribution is 2.34. The van der Waals surface area contributed by atoms with Crippen LogP contribution in [0.2, 0.25) is 0 Å². The number of amides is 2. The Morgan fingerprint density at radius 2 is 1.77 bits per heavy atom. The molecular formula is C30H29F3N2O4. The lowest BCUT2D eigenvalue weighted by atomic mass is 10.1. The molecule has 1 aliphatic carbocycles. The van der Waals surface area contributed by atoms with Crippen molar-refractivity contribution < 1.29 is 32.3 Å². The number of carbonyl (C=O) groups is 3. The number of fused-ring (bicyclic) bond motifs is 1. The standard InChI is InChI=1S/C30H29F3N2O4/c31-23-13-22(29(33)25(32)14-23)16-35-24(9-10-28(35)37)15-27(36)34-26(12-18-5-6-18)30(38)39-17-19-7-8-20-3-1-2-4-21(20)11-19/h1-4,7-8,11,13-14,18,24,26H,5-6,9-10,12,15-17H2,(H,34,36)/t24-,26-/m0/s1. The SMILES string of the molecule is O=C(C[C@@H]1CCC(=O)N1Cc1cc(F)cc(F)c1F)N[C@@H](CC1CC1)C(=O)OCc1ccc2ccccc2c1. The van der Waals surface area contributed by atoms with Crippen LogP contribution in [0.25, 0.3) is 10.8 Å². The van der Waals surface area contributed by atoms with Crippen LogP contribution >= 0.6 is 0 Å². The summed E-state index contributed by atoms with van der Waals surface area (Å²) in [4.78, 5) is 39.6. The second-order valence-corrected chi connectivity index (χ2v) is 10.4. The molecule has 1 N–H and O–H groups in total. The first-order valence-corrected chi connectivity index (χ1v) is 13.1. The van der Waals surface area contributed by atoms with Gasteiger partial charge in [-0.05, 0) is 47.2 Å². The predicted octanol–water partition coefficient (Wildman–Crippen LogP) is 5.17. The largest absolute Gasteiger partial charge is 0.459 e. The predicted molar refractivity (Wildman–Crippen MR) is 138 cm³/mol. The number of nitrogens with zero attached hydrogens (tertiary/aromatic N) is 1. The van der Waals surface area contributed by atoms with Crippen molar-refractivity contribution in [1.29, 1.82) is 0 Å². The van der Waals surface area contributed by atoms with Crippen molar-refractivity contribution in [2.24, 2.45) is 5.92 Å². The fourth-order valence-electron chi connectivity index (χ4n) is 5.08. The Morgan fingerprint density at radius 3 is 2.54 bits per heavy atom. The Bertz CT molecular complexity index is 1410. The van der Waals surface area contributed by atoms with E-state index in [9.17, 15) is 27.6 Å². The van der Waals surface area contributed by atoms with Crippen molar-refractivity contribution in [3.8, 4) is 0 Å². The Balaban J connectivity index is 1.20. The Kier molecular flexibility index (Phi) is 7.86. The normalized spacial score (nSPS) is 17.9. The zero-order valence-corrected chi connectivity index (χ0v) is 21.3. The van der Waals surface area contributed by atoms with Crippen molar-refractivity contribution in [1.82, 2.24) is 10.2 Å². The van der Waals surface area contributed by atoms with E-state index >= 15 is 0 Å². The molecule has 0 bridgehead atoms. The van der Waals surface area contributed by atoms with E-state index in [1.807, 2.05) is 42.5 Å². The number of halogens is 3.